The molecule has 27 heavy (non-hydrogen) atoms. The first-order chi connectivity index (χ1) is 13.0. The van der Waals surface area contributed by atoms with Gasteiger partial charge >= 0.3 is 6.03 Å². The molecule has 1 N–H and O–H groups in total. The number of carbonyl (C=O) groups excluding carboxylic acids is 1. The minimum Gasteiger partial charge on any atom is -0.340 e. The molecule has 8 heteroatoms. The molecule has 2 aliphatic heterocycles. The van der Waals surface area contributed by atoms with Crippen LogP contribution in [0.3, 0.4) is 0 Å². The summed E-state index contributed by atoms with van der Waals surface area (Å²) in [6, 6.07) is 7.84. The molecule has 0 saturated carbocycles. The number of hydrogen-bond acceptors (Lipinski definition) is 5. The van der Waals surface area contributed by atoms with E-state index in [0.717, 1.165) is 54.9 Å². The van der Waals surface area contributed by atoms with Crippen molar-refractivity contribution >= 4 is 27.6 Å². The van der Waals surface area contributed by atoms with Gasteiger partial charge in [-0.05, 0) is 59.8 Å². The van der Waals surface area contributed by atoms with Crippen molar-refractivity contribution in [2.24, 2.45) is 5.41 Å². The summed E-state index contributed by atoms with van der Waals surface area (Å²) in [6.45, 7) is 4.36. The van der Waals surface area contributed by atoms with Crippen molar-refractivity contribution in [2.75, 3.05) is 32.0 Å². The predicted octanol–water partition coefficient (Wildman–Crippen LogP) is 3.83. The van der Waals surface area contributed by atoms with Gasteiger partial charge in [-0.2, -0.15) is 4.98 Å². The maximum absolute atomic E-state index is 12.6. The van der Waals surface area contributed by atoms with Crippen LogP contribution in [0.1, 0.15) is 37.0 Å². The number of hydrogen-bond donors (Lipinski definition) is 1. The highest BCUT2D eigenvalue weighted by atomic mass is 79.9. The van der Waals surface area contributed by atoms with E-state index < -0.39 is 0 Å². The number of aromatic nitrogens is 2. The number of amides is 2. The molecule has 1 aromatic carbocycles. The third-order valence-electron chi connectivity index (χ3n) is 5.81. The summed E-state index contributed by atoms with van der Waals surface area (Å²) >= 11 is 3.48. The number of aryl methyl sites for hydroxylation is 1. The Balaban J connectivity index is 1.37. The number of urea groups is 1. The van der Waals surface area contributed by atoms with Crippen molar-refractivity contribution in [3.8, 4) is 0 Å². The molecule has 4 rings (SSSR count). The Morgan fingerprint density at radius 2 is 2.07 bits per heavy atom. The lowest BCUT2D eigenvalue weighted by Gasteiger charge is -2.39. The van der Waals surface area contributed by atoms with Crippen LogP contribution in [-0.4, -0.2) is 52.7 Å². The van der Waals surface area contributed by atoms with Crippen LogP contribution in [0.4, 0.5) is 10.5 Å². The maximum Gasteiger partial charge on any atom is 0.321 e. The van der Waals surface area contributed by atoms with E-state index in [0.29, 0.717) is 5.89 Å². The molecule has 7 nitrogen and oxygen atoms in total. The van der Waals surface area contributed by atoms with Crippen molar-refractivity contribution < 1.29 is 9.32 Å². The van der Waals surface area contributed by atoms with Crippen molar-refractivity contribution in [1.29, 1.82) is 0 Å². The number of carbonyl (C=O) groups is 1. The first kappa shape index (κ1) is 18.4. The number of rotatable bonds is 2. The predicted molar refractivity (Wildman–Crippen MR) is 105 cm³/mol. The van der Waals surface area contributed by atoms with Gasteiger partial charge in [-0.1, -0.05) is 17.3 Å². The molecule has 1 unspecified atom stereocenters. The normalized spacial score (nSPS) is 22.3. The number of para-hydroxylation sites is 1. The molecule has 0 aliphatic carbocycles. The number of nitrogens with zero attached hydrogens (tertiary/aromatic N) is 4. The number of likely N-dealkylation sites (tertiary alicyclic amines) is 2. The van der Waals surface area contributed by atoms with Crippen LogP contribution in [-0.2, 0) is 0 Å². The van der Waals surface area contributed by atoms with Crippen LogP contribution >= 0.6 is 15.9 Å². The highest BCUT2D eigenvalue weighted by molar-refractivity contribution is 9.10. The molecule has 144 valence electrons. The van der Waals surface area contributed by atoms with E-state index in [1.165, 1.54) is 0 Å². The zero-order valence-electron chi connectivity index (χ0n) is 15.6. The molecule has 3 heterocycles. The molecule has 1 aromatic heterocycles. The second-order valence-electron chi connectivity index (χ2n) is 7.70. The summed E-state index contributed by atoms with van der Waals surface area (Å²) in [4.78, 5) is 21.3. The Bertz CT molecular complexity index is 831. The van der Waals surface area contributed by atoms with Crippen molar-refractivity contribution in [3.05, 3.63) is 40.5 Å². The molecular weight excluding hydrogens is 410 g/mol. The Labute approximate surface area is 167 Å². The summed E-state index contributed by atoms with van der Waals surface area (Å²) < 4.78 is 6.05. The lowest BCUT2D eigenvalue weighted by Crippen LogP contribution is -2.45. The smallest absolute Gasteiger partial charge is 0.321 e. The highest BCUT2D eigenvalue weighted by Gasteiger charge is 2.46. The van der Waals surface area contributed by atoms with E-state index in [9.17, 15) is 4.79 Å². The first-order valence-electron chi connectivity index (χ1n) is 9.27. The molecule has 2 aromatic rings. The Hall–Kier alpha value is -1.93. The van der Waals surface area contributed by atoms with Gasteiger partial charge in [0, 0.05) is 31.0 Å². The molecular formula is C19H24BrN5O2. The maximum atomic E-state index is 12.6. The van der Waals surface area contributed by atoms with Gasteiger partial charge in [0.25, 0.3) is 0 Å². The number of halogens is 1. The minimum atomic E-state index is -0.0338. The van der Waals surface area contributed by atoms with Crippen molar-refractivity contribution in [1.82, 2.24) is 19.9 Å². The summed E-state index contributed by atoms with van der Waals surface area (Å²) in [5, 5.41) is 7.12. The second kappa shape index (κ2) is 7.24. The largest absolute Gasteiger partial charge is 0.340 e. The average Bonchev–Trinajstić information content (AvgIpc) is 3.21. The number of piperidine rings is 1. The third kappa shape index (κ3) is 3.73. The molecule has 0 bridgehead atoms. The van der Waals surface area contributed by atoms with Gasteiger partial charge in [-0.15, -0.1) is 0 Å². The van der Waals surface area contributed by atoms with Gasteiger partial charge in [0.1, 0.15) is 0 Å². The number of anilines is 1. The highest BCUT2D eigenvalue weighted by Crippen LogP contribution is 2.47. The SMILES string of the molecule is Cc1nc(C2CC3(CCN(C(=O)Nc4ccccc4Br)CC3)CN2C)no1. The average molecular weight is 434 g/mol. The molecule has 2 fully saturated rings. The van der Waals surface area contributed by atoms with Crippen LogP contribution < -0.4 is 5.32 Å². The molecule has 2 amide bonds. The van der Waals surface area contributed by atoms with Gasteiger partial charge in [0.2, 0.25) is 5.89 Å². The first-order valence-corrected chi connectivity index (χ1v) is 10.1. The Kier molecular flexibility index (Phi) is 4.94. The monoisotopic (exact) mass is 433 g/mol. The summed E-state index contributed by atoms with van der Waals surface area (Å²) in [5.41, 5.74) is 1.02. The standard InChI is InChI=1S/C19H24BrN5O2/c1-13-21-17(23-27-13)16-11-19(12-24(16)2)7-9-25(10-8-19)18(26)22-15-6-4-3-5-14(15)20/h3-6,16H,7-12H2,1-2H3,(H,22,26). The fourth-order valence-corrected chi connectivity index (χ4v) is 4.70. The number of nitrogens with one attached hydrogen (secondary N) is 1. The molecule has 1 spiro atoms. The van der Waals surface area contributed by atoms with Crippen LogP contribution in [0.15, 0.2) is 33.3 Å². The fourth-order valence-electron chi connectivity index (χ4n) is 4.31. The van der Waals surface area contributed by atoms with Gasteiger partial charge < -0.3 is 14.7 Å². The van der Waals surface area contributed by atoms with Gasteiger partial charge in [-0.3, -0.25) is 4.90 Å². The van der Waals surface area contributed by atoms with E-state index in [2.05, 4.69) is 43.3 Å². The zero-order chi connectivity index (χ0) is 19.0. The van der Waals surface area contributed by atoms with E-state index in [1.807, 2.05) is 36.1 Å². The quantitative estimate of drug-likeness (QED) is 0.778. The van der Waals surface area contributed by atoms with Crippen LogP contribution in [0.2, 0.25) is 0 Å². The van der Waals surface area contributed by atoms with E-state index in [-0.39, 0.29) is 17.5 Å². The van der Waals surface area contributed by atoms with E-state index in [4.69, 9.17) is 4.52 Å². The molecule has 2 saturated heterocycles. The lowest BCUT2D eigenvalue weighted by molar-refractivity contribution is 0.128. The number of benzene rings is 1. The zero-order valence-corrected chi connectivity index (χ0v) is 17.2. The molecule has 0 radical (unpaired) electrons. The Morgan fingerprint density at radius 3 is 2.74 bits per heavy atom. The molecule has 1 atom stereocenters. The third-order valence-corrected chi connectivity index (χ3v) is 6.50. The van der Waals surface area contributed by atoms with E-state index in [1.54, 1.807) is 0 Å². The van der Waals surface area contributed by atoms with Crippen LogP contribution in [0.5, 0.6) is 0 Å². The second-order valence-corrected chi connectivity index (χ2v) is 8.56. The van der Waals surface area contributed by atoms with Gasteiger partial charge in [-0.25, -0.2) is 4.79 Å². The minimum absolute atomic E-state index is 0.0338. The summed E-state index contributed by atoms with van der Waals surface area (Å²) in [7, 11) is 2.12. The van der Waals surface area contributed by atoms with Crippen molar-refractivity contribution in [3.63, 3.8) is 0 Å². The Morgan fingerprint density at radius 1 is 1.33 bits per heavy atom. The topological polar surface area (TPSA) is 74.5 Å². The van der Waals surface area contributed by atoms with Gasteiger partial charge in [0.15, 0.2) is 5.82 Å². The van der Waals surface area contributed by atoms with Crippen LogP contribution in [0.25, 0.3) is 0 Å². The van der Waals surface area contributed by atoms with E-state index >= 15 is 0 Å². The summed E-state index contributed by atoms with van der Waals surface area (Å²) in [6.07, 6.45) is 3.00. The van der Waals surface area contributed by atoms with Crippen molar-refractivity contribution in [2.45, 2.75) is 32.2 Å². The lowest BCUT2D eigenvalue weighted by atomic mass is 9.76. The summed E-state index contributed by atoms with van der Waals surface area (Å²) in [5.74, 6) is 1.39. The van der Waals surface area contributed by atoms with Crippen LogP contribution in [0, 0.1) is 12.3 Å². The molecule has 2 aliphatic rings. The fraction of sp³-hybridized carbons (Fsp3) is 0.526. The van der Waals surface area contributed by atoms with Gasteiger partial charge in [0.05, 0.1) is 11.7 Å².